The fraction of sp³-hybridized carbons (Fsp3) is 0.400. The zero-order valence-corrected chi connectivity index (χ0v) is 8.61. The third-order valence-corrected chi connectivity index (χ3v) is 3.14. The van der Waals surface area contributed by atoms with Crippen molar-refractivity contribution in [1.82, 2.24) is 0 Å². The first-order valence-corrected chi connectivity index (χ1v) is 5.79. The lowest BCUT2D eigenvalue weighted by molar-refractivity contribution is 0.460. The van der Waals surface area contributed by atoms with E-state index in [1.807, 2.05) is 30.3 Å². The first-order chi connectivity index (χ1) is 6.25. The molecule has 0 heterocycles. The van der Waals surface area contributed by atoms with E-state index >= 15 is 0 Å². The maximum Gasteiger partial charge on any atom is 0.172 e. The molecular formula is C10H15O2P. The van der Waals surface area contributed by atoms with Crippen LogP contribution in [0.3, 0.4) is 0 Å². The van der Waals surface area contributed by atoms with Gasteiger partial charge < -0.3 is 9.79 Å². The van der Waals surface area contributed by atoms with Gasteiger partial charge in [0.25, 0.3) is 0 Å². The molecule has 0 aliphatic carbocycles. The van der Waals surface area contributed by atoms with E-state index in [0.717, 1.165) is 18.4 Å². The molecule has 0 radical (unpaired) electrons. The molecule has 0 aliphatic heterocycles. The molecule has 2 nitrogen and oxygen atoms in total. The highest BCUT2D eigenvalue weighted by Crippen LogP contribution is 2.46. The molecule has 0 fully saturated rings. The molecule has 1 aromatic rings. The molecule has 1 rings (SSSR count). The second-order valence-corrected chi connectivity index (χ2v) is 4.30. The summed E-state index contributed by atoms with van der Waals surface area (Å²) in [6, 6.07) is 9.68. The zero-order chi connectivity index (χ0) is 9.68. The minimum atomic E-state index is -1.85. The molecular weight excluding hydrogens is 183 g/mol. The van der Waals surface area contributed by atoms with Crippen LogP contribution in [0.5, 0.6) is 0 Å². The van der Waals surface area contributed by atoms with Crippen LogP contribution in [0.4, 0.5) is 0 Å². The quantitative estimate of drug-likeness (QED) is 0.730. The summed E-state index contributed by atoms with van der Waals surface area (Å²) >= 11 is 0. The average Bonchev–Trinajstić information content (AvgIpc) is 2.15. The van der Waals surface area contributed by atoms with E-state index in [9.17, 15) is 9.79 Å². The number of benzene rings is 1. The Kier molecular flexibility index (Phi) is 4.37. The average molecular weight is 198 g/mol. The predicted molar refractivity (Wildman–Crippen MR) is 55.4 cm³/mol. The van der Waals surface area contributed by atoms with Gasteiger partial charge in [-0.1, -0.05) is 43.7 Å². The molecule has 2 N–H and O–H groups in total. The summed E-state index contributed by atoms with van der Waals surface area (Å²) in [4.78, 5) is 18.4. The van der Waals surface area contributed by atoms with Crippen molar-refractivity contribution in [2.24, 2.45) is 0 Å². The summed E-state index contributed by atoms with van der Waals surface area (Å²) in [5, 5.41) is 0. The smallest absolute Gasteiger partial charge is 0.172 e. The van der Waals surface area contributed by atoms with Gasteiger partial charge in [0, 0.05) is 0 Å². The van der Waals surface area contributed by atoms with Crippen molar-refractivity contribution in [2.75, 3.05) is 0 Å². The molecule has 0 aliphatic rings. The van der Waals surface area contributed by atoms with Crippen molar-refractivity contribution in [2.45, 2.75) is 25.4 Å². The highest BCUT2D eigenvalue weighted by atomic mass is 31.2. The Morgan fingerprint density at radius 2 is 1.85 bits per heavy atom. The first-order valence-electron chi connectivity index (χ1n) is 4.47. The Hall–Kier alpha value is -0.430. The third-order valence-electron chi connectivity index (χ3n) is 2.03. The first kappa shape index (κ1) is 10.6. The van der Waals surface area contributed by atoms with E-state index in [-0.39, 0.29) is 5.66 Å². The molecule has 1 unspecified atom stereocenters. The zero-order valence-electron chi connectivity index (χ0n) is 7.72. The van der Waals surface area contributed by atoms with Gasteiger partial charge in [-0.3, -0.25) is 0 Å². The number of hydrogen-bond donors (Lipinski definition) is 2. The molecule has 1 aromatic carbocycles. The molecule has 1 atom stereocenters. The Morgan fingerprint density at radius 1 is 1.23 bits per heavy atom. The third kappa shape index (κ3) is 3.07. The Balaban J connectivity index is 2.76. The molecule has 13 heavy (non-hydrogen) atoms. The van der Waals surface area contributed by atoms with Crippen LogP contribution in [0.25, 0.3) is 0 Å². The number of rotatable bonds is 4. The van der Waals surface area contributed by atoms with Crippen LogP contribution >= 0.6 is 8.38 Å². The molecule has 3 heteroatoms. The molecule has 0 aromatic heterocycles. The van der Waals surface area contributed by atoms with Crippen molar-refractivity contribution >= 4 is 8.38 Å². The minimum Gasteiger partial charge on any atom is -0.350 e. The van der Waals surface area contributed by atoms with E-state index in [0.29, 0.717) is 0 Å². The van der Waals surface area contributed by atoms with E-state index in [1.54, 1.807) is 0 Å². The summed E-state index contributed by atoms with van der Waals surface area (Å²) in [5.41, 5.74) is 0.946. The normalized spacial score (nSPS) is 13.2. The van der Waals surface area contributed by atoms with Crippen molar-refractivity contribution < 1.29 is 9.79 Å². The largest absolute Gasteiger partial charge is 0.350 e. The predicted octanol–water partition coefficient (Wildman–Crippen LogP) is 2.82. The Morgan fingerprint density at radius 3 is 2.31 bits per heavy atom. The van der Waals surface area contributed by atoms with E-state index in [4.69, 9.17) is 0 Å². The van der Waals surface area contributed by atoms with Crippen molar-refractivity contribution in [3.8, 4) is 0 Å². The van der Waals surface area contributed by atoms with Crippen LogP contribution in [0.1, 0.15) is 31.0 Å². The van der Waals surface area contributed by atoms with Gasteiger partial charge >= 0.3 is 0 Å². The second kappa shape index (κ2) is 5.33. The fourth-order valence-electron chi connectivity index (χ4n) is 1.36. The lowest BCUT2D eigenvalue weighted by Crippen LogP contribution is -1.95. The van der Waals surface area contributed by atoms with Crippen LogP contribution in [0, 0.1) is 0 Å². The van der Waals surface area contributed by atoms with Crippen LogP contribution in [0.15, 0.2) is 30.3 Å². The van der Waals surface area contributed by atoms with Crippen molar-refractivity contribution in [3.05, 3.63) is 35.9 Å². The van der Waals surface area contributed by atoms with Crippen LogP contribution in [-0.4, -0.2) is 9.79 Å². The maximum absolute atomic E-state index is 9.22. The minimum absolute atomic E-state index is 0.0822. The van der Waals surface area contributed by atoms with Crippen molar-refractivity contribution in [1.29, 1.82) is 0 Å². The monoisotopic (exact) mass is 198 g/mol. The topological polar surface area (TPSA) is 40.5 Å². The fourth-order valence-corrected chi connectivity index (χ4v) is 2.29. The van der Waals surface area contributed by atoms with Gasteiger partial charge in [0.15, 0.2) is 8.38 Å². The molecule has 0 bridgehead atoms. The van der Waals surface area contributed by atoms with Crippen LogP contribution in [0.2, 0.25) is 0 Å². The highest BCUT2D eigenvalue weighted by molar-refractivity contribution is 7.45. The second-order valence-electron chi connectivity index (χ2n) is 3.04. The molecule has 0 amide bonds. The van der Waals surface area contributed by atoms with E-state index in [1.165, 1.54) is 0 Å². The highest BCUT2D eigenvalue weighted by Gasteiger charge is 2.18. The van der Waals surface area contributed by atoms with Gasteiger partial charge in [-0.25, -0.2) is 0 Å². The molecule has 0 saturated heterocycles. The Bertz CT molecular complexity index is 236. The summed E-state index contributed by atoms with van der Waals surface area (Å²) in [7, 11) is -1.85. The summed E-state index contributed by atoms with van der Waals surface area (Å²) < 4.78 is 0. The maximum atomic E-state index is 9.22. The lowest BCUT2D eigenvalue weighted by Gasteiger charge is -2.17. The SMILES string of the molecule is CCCC(c1ccccc1)P(O)O. The lowest BCUT2D eigenvalue weighted by atomic mass is 10.1. The van der Waals surface area contributed by atoms with Gasteiger partial charge in [0.05, 0.1) is 5.66 Å². The van der Waals surface area contributed by atoms with Crippen LogP contribution < -0.4 is 0 Å². The van der Waals surface area contributed by atoms with Crippen molar-refractivity contribution in [3.63, 3.8) is 0 Å². The summed E-state index contributed by atoms with van der Waals surface area (Å²) in [5.74, 6) is 0. The molecule has 0 spiro atoms. The number of hydrogen-bond acceptors (Lipinski definition) is 2. The summed E-state index contributed by atoms with van der Waals surface area (Å²) in [6.07, 6.45) is 1.81. The molecule has 0 saturated carbocycles. The van der Waals surface area contributed by atoms with Gasteiger partial charge in [-0.2, -0.15) is 0 Å². The summed E-state index contributed by atoms with van der Waals surface area (Å²) in [6.45, 7) is 2.05. The van der Waals surface area contributed by atoms with Gasteiger partial charge in [-0.05, 0) is 12.0 Å². The molecule has 72 valence electrons. The van der Waals surface area contributed by atoms with Gasteiger partial charge in [-0.15, -0.1) is 0 Å². The Labute approximate surface area is 80.2 Å². The standard InChI is InChI=1S/C10H15O2P/c1-2-6-10(13(11)12)9-7-4-3-5-8-9/h3-5,7-8,10-12H,2,6H2,1H3. The van der Waals surface area contributed by atoms with E-state index in [2.05, 4.69) is 6.92 Å². The van der Waals surface area contributed by atoms with Gasteiger partial charge in [0.1, 0.15) is 0 Å². The van der Waals surface area contributed by atoms with E-state index < -0.39 is 8.38 Å². The van der Waals surface area contributed by atoms with Gasteiger partial charge in [0.2, 0.25) is 0 Å². The van der Waals surface area contributed by atoms with Crippen LogP contribution in [-0.2, 0) is 0 Å².